The Morgan fingerprint density at radius 3 is 2.28 bits per heavy atom. The van der Waals surface area contributed by atoms with Crippen LogP contribution in [0, 0.1) is 18.8 Å². The molecule has 29 heavy (non-hydrogen) atoms. The van der Waals surface area contributed by atoms with E-state index in [1.807, 2.05) is 35.3 Å². The average Bonchev–Trinajstić information content (AvgIpc) is 2.98. The first kappa shape index (κ1) is 20.0. The average molecular weight is 416 g/mol. The number of aryl methyl sites for hydroxylation is 1. The van der Waals surface area contributed by atoms with Gasteiger partial charge in [0.15, 0.2) is 0 Å². The van der Waals surface area contributed by atoms with E-state index in [9.17, 15) is 14.4 Å². The van der Waals surface area contributed by atoms with Crippen molar-refractivity contribution in [2.24, 2.45) is 11.8 Å². The highest BCUT2D eigenvalue weighted by atomic mass is 35.5. The van der Waals surface area contributed by atoms with Crippen LogP contribution in [-0.2, 0) is 14.4 Å². The molecule has 0 saturated carbocycles. The van der Waals surface area contributed by atoms with Crippen LogP contribution in [0.15, 0.2) is 30.4 Å². The summed E-state index contributed by atoms with van der Waals surface area (Å²) in [7, 11) is 0. The van der Waals surface area contributed by atoms with Crippen LogP contribution < -0.4 is 4.90 Å². The number of fused-ring (bicyclic) bond motifs is 1. The number of anilines is 1. The Bertz CT molecular complexity index is 835. The van der Waals surface area contributed by atoms with Crippen LogP contribution in [0.25, 0.3) is 0 Å². The lowest BCUT2D eigenvalue weighted by Crippen LogP contribution is -2.49. The van der Waals surface area contributed by atoms with Gasteiger partial charge in [-0.15, -0.1) is 0 Å². The first-order valence-electron chi connectivity index (χ1n) is 10.2. The first-order valence-corrected chi connectivity index (χ1v) is 10.6. The number of hydrogen-bond donors (Lipinski definition) is 0. The molecule has 0 aromatic heterocycles. The lowest BCUT2D eigenvalue weighted by molar-refractivity contribution is -0.140. The van der Waals surface area contributed by atoms with Gasteiger partial charge in [0.2, 0.25) is 17.7 Å². The molecule has 1 aromatic rings. The molecule has 0 N–H and O–H groups in total. The van der Waals surface area contributed by atoms with Crippen LogP contribution in [0.2, 0.25) is 5.02 Å². The molecule has 3 amide bonds. The summed E-state index contributed by atoms with van der Waals surface area (Å²) in [5, 5.41) is 0.708. The quantitative estimate of drug-likeness (QED) is 0.560. The van der Waals surface area contributed by atoms with E-state index in [0.29, 0.717) is 31.0 Å². The zero-order valence-electron chi connectivity index (χ0n) is 16.6. The van der Waals surface area contributed by atoms with Crippen molar-refractivity contribution in [3.8, 4) is 0 Å². The summed E-state index contributed by atoms with van der Waals surface area (Å²) >= 11 is 6.13. The van der Waals surface area contributed by atoms with Gasteiger partial charge in [0.1, 0.15) is 0 Å². The Balaban J connectivity index is 1.30. The summed E-state index contributed by atoms with van der Waals surface area (Å²) in [5.74, 6) is -0.683. The number of carbonyl (C=O) groups is 3. The van der Waals surface area contributed by atoms with Crippen LogP contribution in [0.1, 0.15) is 24.8 Å². The lowest BCUT2D eigenvalue weighted by atomic mass is 9.85. The minimum Gasteiger partial charge on any atom is -0.368 e. The van der Waals surface area contributed by atoms with E-state index in [2.05, 4.69) is 11.8 Å². The molecule has 3 aliphatic rings. The molecule has 0 bridgehead atoms. The van der Waals surface area contributed by atoms with Crippen LogP contribution in [-0.4, -0.2) is 60.2 Å². The van der Waals surface area contributed by atoms with Crippen molar-refractivity contribution in [2.45, 2.75) is 26.2 Å². The normalized spacial score (nSPS) is 24.3. The zero-order chi connectivity index (χ0) is 20.5. The van der Waals surface area contributed by atoms with E-state index in [1.54, 1.807) is 0 Å². The fourth-order valence-corrected chi connectivity index (χ4v) is 4.74. The second-order valence-corrected chi connectivity index (χ2v) is 8.47. The summed E-state index contributed by atoms with van der Waals surface area (Å²) in [4.78, 5) is 43.1. The largest absolute Gasteiger partial charge is 0.368 e. The zero-order valence-corrected chi connectivity index (χ0v) is 17.4. The van der Waals surface area contributed by atoms with Crippen LogP contribution in [0.3, 0.4) is 0 Å². The van der Waals surface area contributed by atoms with E-state index in [-0.39, 0.29) is 42.5 Å². The van der Waals surface area contributed by atoms with E-state index in [4.69, 9.17) is 11.6 Å². The van der Waals surface area contributed by atoms with Gasteiger partial charge in [-0.25, -0.2) is 0 Å². The minimum atomic E-state index is -0.230. The van der Waals surface area contributed by atoms with Crippen LogP contribution >= 0.6 is 11.6 Å². The molecular formula is C22H26ClN3O3. The maximum Gasteiger partial charge on any atom is 0.233 e. The molecule has 4 rings (SSSR count). The Morgan fingerprint density at radius 1 is 1.03 bits per heavy atom. The molecule has 2 heterocycles. The number of allylic oxidation sites excluding steroid dienone is 2. The smallest absolute Gasteiger partial charge is 0.233 e. The highest BCUT2D eigenvalue weighted by Crippen LogP contribution is 2.35. The number of nitrogens with zero attached hydrogens (tertiary/aromatic N) is 3. The van der Waals surface area contributed by atoms with E-state index in [0.717, 1.165) is 24.3 Å². The molecule has 154 valence electrons. The number of rotatable bonds is 4. The molecule has 1 aliphatic carbocycles. The van der Waals surface area contributed by atoms with Crippen LogP contribution in [0.5, 0.6) is 0 Å². The Hall–Kier alpha value is -2.34. The topological polar surface area (TPSA) is 60.9 Å². The van der Waals surface area contributed by atoms with Gasteiger partial charge in [0.05, 0.1) is 11.8 Å². The first-order chi connectivity index (χ1) is 14.0. The molecule has 0 unspecified atom stereocenters. The molecule has 1 aromatic carbocycles. The van der Waals surface area contributed by atoms with Crippen molar-refractivity contribution in [3.63, 3.8) is 0 Å². The third-order valence-electron chi connectivity index (χ3n) is 6.29. The Kier molecular flexibility index (Phi) is 5.63. The molecule has 2 atom stereocenters. The number of halogens is 1. The highest BCUT2D eigenvalue weighted by Gasteiger charge is 2.47. The number of amides is 3. The second kappa shape index (κ2) is 8.19. The van der Waals surface area contributed by atoms with Crippen LogP contribution in [0.4, 0.5) is 5.69 Å². The van der Waals surface area contributed by atoms with Gasteiger partial charge >= 0.3 is 0 Å². The maximum atomic E-state index is 12.7. The third-order valence-corrected chi connectivity index (χ3v) is 6.53. The summed E-state index contributed by atoms with van der Waals surface area (Å²) < 4.78 is 0. The van der Waals surface area contributed by atoms with Crippen molar-refractivity contribution in [1.29, 1.82) is 0 Å². The van der Waals surface area contributed by atoms with Crippen molar-refractivity contribution < 1.29 is 14.4 Å². The number of carbonyl (C=O) groups excluding carboxylic acids is 3. The number of hydrogen-bond acceptors (Lipinski definition) is 4. The van der Waals surface area contributed by atoms with Gasteiger partial charge in [-0.3, -0.25) is 19.3 Å². The number of piperazine rings is 1. The molecule has 2 aliphatic heterocycles. The predicted molar refractivity (Wildman–Crippen MR) is 112 cm³/mol. The van der Waals surface area contributed by atoms with Crippen molar-refractivity contribution >= 4 is 35.0 Å². The molecule has 2 fully saturated rings. The van der Waals surface area contributed by atoms with Gasteiger partial charge in [-0.1, -0.05) is 29.8 Å². The monoisotopic (exact) mass is 415 g/mol. The fourth-order valence-electron chi connectivity index (χ4n) is 4.57. The van der Waals surface area contributed by atoms with Gasteiger partial charge in [0, 0.05) is 49.9 Å². The second-order valence-electron chi connectivity index (χ2n) is 8.03. The summed E-state index contributed by atoms with van der Waals surface area (Å²) in [5.41, 5.74) is 2.27. The standard InChI is InChI=1S/C22H26ClN3O3/c1-15-6-7-16(23)14-19(15)24-10-12-25(13-11-24)20(27)8-9-26-21(28)17-4-2-3-5-18(17)22(26)29/h2-3,6-7,14,17-18H,4-5,8-13H2,1H3/t17-,18+. The van der Waals surface area contributed by atoms with Gasteiger partial charge < -0.3 is 9.80 Å². The number of imide groups is 1. The minimum absolute atomic E-state index is 0.000984. The molecule has 2 saturated heterocycles. The summed E-state index contributed by atoms with van der Waals surface area (Å²) in [6.07, 6.45) is 5.40. The Morgan fingerprint density at radius 2 is 1.66 bits per heavy atom. The molecule has 0 spiro atoms. The van der Waals surface area contributed by atoms with Gasteiger partial charge in [0.25, 0.3) is 0 Å². The third kappa shape index (κ3) is 3.90. The SMILES string of the molecule is Cc1ccc(Cl)cc1N1CCN(C(=O)CCN2C(=O)[C@H]3CC=CC[C@H]3C2=O)CC1. The molecular weight excluding hydrogens is 390 g/mol. The molecule has 7 heteroatoms. The van der Waals surface area contributed by atoms with Crippen molar-refractivity contribution in [3.05, 3.63) is 40.9 Å². The lowest BCUT2D eigenvalue weighted by Gasteiger charge is -2.37. The van der Waals surface area contributed by atoms with Gasteiger partial charge in [-0.05, 0) is 37.5 Å². The van der Waals surface area contributed by atoms with E-state index >= 15 is 0 Å². The summed E-state index contributed by atoms with van der Waals surface area (Å²) in [6.45, 7) is 4.98. The molecule has 6 nitrogen and oxygen atoms in total. The van der Waals surface area contributed by atoms with Crippen molar-refractivity contribution in [1.82, 2.24) is 9.80 Å². The fraction of sp³-hybridized carbons (Fsp3) is 0.500. The van der Waals surface area contributed by atoms with E-state index in [1.165, 1.54) is 4.90 Å². The predicted octanol–water partition coefficient (Wildman–Crippen LogP) is 2.64. The van der Waals surface area contributed by atoms with Gasteiger partial charge in [-0.2, -0.15) is 0 Å². The maximum absolute atomic E-state index is 12.7. The summed E-state index contributed by atoms with van der Waals surface area (Å²) in [6, 6.07) is 5.85. The molecule has 0 radical (unpaired) electrons. The number of benzene rings is 1. The van der Waals surface area contributed by atoms with Crippen molar-refractivity contribution in [2.75, 3.05) is 37.6 Å². The highest BCUT2D eigenvalue weighted by molar-refractivity contribution is 6.30. The Labute approximate surface area is 176 Å². The van der Waals surface area contributed by atoms with E-state index < -0.39 is 0 Å². The number of likely N-dealkylation sites (tertiary alicyclic amines) is 1.